The molecular formula is C28H47BrO4. The van der Waals surface area contributed by atoms with Crippen LogP contribution in [0, 0.1) is 0 Å². The number of unbranched alkanes of at least 4 members (excludes halogenated alkanes) is 12. The van der Waals surface area contributed by atoms with Gasteiger partial charge in [0.25, 0.3) is 0 Å². The van der Waals surface area contributed by atoms with Crippen molar-refractivity contribution in [1.82, 2.24) is 0 Å². The second-order valence-corrected chi connectivity index (χ2v) is 9.69. The Balaban J connectivity index is 3.26. The number of rotatable bonds is 19. The highest BCUT2D eigenvalue weighted by atomic mass is 79.9. The predicted octanol–water partition coefficient (Wildman–Crippen LogP) is 9.10. The van der Waals surface area contributed by atoms with Gasteiger partial charge in [-0.1, -0.05) is 97.8 Å². The highest BCUT2D eigenvalue weighted by Crippen LogP contribution is 2.41. The number of halogens is 1. The quantitative estimate of drug-likeness (QED) is 0.139. The van der Waals surface area contributed by atoms with E-state index in [0.717, 1.165) is 74.5 Å². The van der Waals surface area contributed by atoms with Crippen LogP contribution in [0.3, 0.4) is 0 Å². The molecule has 0 aliphatic heterocycles. The molecule has 0 spiro atoms. The van der Waals surface area contributed by atoms with Crippen molar-refractivity contribution in [3.63, 3.8) is 0 Å². The van der Waals surface area contributed by atoms with Crippen LogP contribution < -0.4 is 0 Å². The Bertz CT molecular complexity index is 687. The van der Waals surface area contributed by atoms with Crippen molar-refractivity contribution in [2.24, 2.45) is 0 Å². The van der Waals surface area contributed by atoms with E-state index in [4.69, 9.17) is 3.83 Å². The van der Waals surface area contributed by atoms with Gasteiger partial charge in [-0.05, 0) is 49.7 Å². The largest absolute Gasteiger partial charge is 0.504 e. The number of benzene rings is 1. The van der Waals surface area contributed by atoms with Crippen molar-refractivity contribution in [2.45, 2.75) is 136 Å². The molecule has 5 heteroatoms. The fraction of sp³-hybridized carbons (Fsp3) is 0.750. The smallest absolute Gasteiger partial charge is 0.353 e. The molecule has 0 heterocycles. The zero-order valence-corrected chi connectivity index (χ0v) is 22.9. The normalized spacial score (nSPS) is 11.2. The van der Waals surface area contributed by atoms with Crippen LogP contribution in [0.2, 0.25) is 0 Å². The number of carbonyl (C=O) groups excluding carboxylic acids is 1. The number of carbonyl (C=O) groups is 1. The zero-order chi connectivity index (χ0) is 24.5. The van der Waals surface area contributed by atoms with Crippen LogP contribution in [0.4, 0.5) is 0 Å². The molecule has 0 bridgehead atoms. The Kier molecular flexibility index (Phi) is 16.4. The summed E-state index contributed by atoms with van der Waals surface area (Å²) in [5.41, 5.74) is 2.93. The Labute approximate surface area is 211 Å². The first-order valence-electron chi connectivity index (χ1n) is 13.4. The Morgan fingerprint density at radius 2 is 1.00 bits per heavy atom. The van der Waals surface area contributed by atoms with Gasteiger partial charge in [0.2, 0.25) is 0 Å². The van der Waals surface area contributed by atoms with Crippen molar-refractivity contribution >= 4 is 22.2 Å². The Morgan fingerprint density at radius 3 is 1.42 bits per heavy atom. The predicted molar refractivity (Wildman–Crippen MR) is 142 cm³/mol. The minimum atomic E-state index is -0.631. The minimum Gasteiger partial charge on any atom is -0.504 e. The van der Waals surface area contributed by atoms with Gasteiger partial charge in [-0.3, -0.25) is 0 Å². The minimum absolute atomic E-state index is 0.128. The molecule has 1 aromatic carbocycles. The maximum absolute atomic E-state index is 12.6. The van der Waals surface area contributed by atoms with Crippen LogP contribution in [-0.2, 0) is 23.1 Å². The molecule has 0 aliphatic rings. The fourth-order valence-corrected chi connectivity index (χ4v) is 4.86. The molecule has 2 N–H and O–H groups in total. The standard InChI is InChI=1S/C28H47BrO4/c1-4-7-10-13-16-19-22-23(20-17-14-11-8-5-2)25(28(32)33-29)27(31)26(30)24(22)21-18-15-12-9-6-3/h30-31H,4-21H2,1-3H3. The first-order valence-corrected chi connectivity index (χ1v) is 14.1. The van der Waals surface area contributed by atoms with Gasteiger partial charge in [0.15, 0.2) is 27.8 Å². The average molecular weight is 528 g/mol. The molecule has 1 aromatic rings. The lowest BCUT2D eigenvalue weighted by molar-refractivity contribution is 0.0776. The summed E-state index contributed by atoms with van der Waals surface area (Å²) in [6, 6.07) is 0. The van der Waals surface area contributed by atoms with E-state index in [2.05, 4.69) is 37.0 Å². The van der Waals surface area contributed by atoms with Crippen LogP contribution in [-0.4, -0.2) is 16.2 Å². The van der Waals surface area contributed by atoms with Crippen LogP contribution in [0.15, 0.2) is 0 Å². The molecular weight excluding hydrogens is 480 g/mol. The fourth-order valence-electron chi connectivity index (χ4n) is 4.70. The van der Waals surface area contributed by atoms with E-state index in [1.165, 1.54) is 57.8 Å². The molecule has 0 atom stereocenters. The van der Waals surface area contributed by atoms with Gasteiger partial charge in [0.1, 0.15) is 5.56 Å². The van der Waals surface area contributed by atoms with E-state index in [1.54, 1.807) is 0 Å². The Hall–Kier alpha value is -1.23. The maximum atomic E-state index is 12.6. The monoisotopic (exact) mass is 526 g/mol. The molecule has 0 aliphatic carbocycles. The van der Waals surface area contributed by atoms with Crippen molar-refractivity contribution in [3.05, 3.63) is 22.3 Å². The molecule has 0 amide bonds. The number of aromatic hydroxyl groups is 2. The lowest BCUT2D eigenvalue weighted by atomic mass is 9.85. The highest BCUT2D eigenvalue weighted by molar-refractivity contribution is 9.06. The van der Waals surface area contributed by atoms with Gasteiger partial charge in [-0.15, -0.1) is 0 Å². The molecule has 190 valence electrons. The number of phenols is 2. The molecule has 0 aromatic heterocycles. The second kappa shape index (κ2) is 18.1. The van der Waals surface area contributed by atoms with E-state index in [1.807, 2.05) is 0 Å². The van der Waals surface area contributed by atoms with E-state index < -0.39 is 5.97 Å². The summed E-state index contributed by atoms with van der Waals surface area (Å²) in [6.07, 6.45) is 19.4. The highest BCUT2D eigenvalue weighted by Gasteiger charge is 2.27. The van der Waals surface area contributed by atoms with E-state index >= 15 is 0 Å². The van der Waals surface area contributed by atoms with E-state index in [-0.39, 0.29) is 17.1 Å². The van der Waals surface area contributed by atoms with Gasteiger partial charge in [-0.2, -0.15) is 0 Å². The number of phenolic OH excluding ortho intramolecular Hbond substituents is 2. The zero-order valence-electron chi connectivity index (χ0n) is 21.3. The molecule has 4 nitrogen and oxygen atoms in total. The van der Waals surface area contributed by atoms with Gasteiger partial charge >= 0.3 is 5.97 Å². The van der Waals surface area contributed by atoms with Crippen LogP contribution >= 0.6 is 16.3 Å². The van der Waals surface area contributed by atoms with Crippen molar-refractivity contribution in [3.8, 4) is 11.5 Å². The summed E-state index contributed by atoms with van der Waals surface area (Å²) in [4.78, 5) is 12.6. The van der Waals surface area contributed by atoms with Gasteiger partial charge in [0, 0.05) is 5.56 Å². The number of hydrogen-bond donors (Lipinski definition) is 2. The third-order valence-corrected chi connectivity index (χ3v) is 6.94. The summed E-state index contributed by atoms with van der Waals surface area (Å²) >= 11 is 2.79. The summed E-state index contributed by atoms with van der Waals surface area (Å²) < 4.78 is 4.84. The number of hydrogen-bond acceptors (Lipinski definition) is 4. The van der Waals surface area contributed by atoms with Crippen LogP contribution in [0.5, 0.6) is 11.5 Å². The lowest BCUT2D eigenvalue weighted by Crippen LogP contribution is -2.11. The molecule has 0 unspecified atom stereocenters. The van der Waals surface area contributed by atoms with Crippen molar-refractivity contribution < 1.29 is 18.8 Å². The summed E-state index contributed by atoms with van der Waals surface area (Å²) in [5.74, 6) is -1.08. The van der Waals surface area contributed by atoms with Gasteiger partial charge in [-0.25, -0.2) is 4.79 Å². The van der Waals surface area contributed by atoms with Gasteiger partial charge < -0.3 is 14.0 Å². The molecule has 0 fully saturated rings. The summed E-state index contributed by atoms with van der Waals surface area (Å²) in [5, 5.41) is 21.8. The first-order chi connectivity index (χ1) is 16.0. The first kappa shape index (κ1) is 29.8. The van der Waals surface area contributed by atoms with E-state index in [0.29, 0.717) is 0 Å². The molecule has 0 saturated carbocycles. The van der Waals surface area contributed by atoms with Crippen molar-refractivity contribution in [2.75, 3.05) is 0 Å². The molecule has 0 radical (unpaired) electrons. The lowest BCUT2D eigenvalue weighted by Gasteiger charge is -2.21. The third-order valence-electron chi connectivity index (χ3n) is 6.64. The van der Waals surface area contributed by atoms with E-state index in [9.17, 15) is 15.0 Å². The molecule has 0 saturated heterocycles. The van der Waals surface area contributed by atoms with Gasteiger partial charge in [0.05, 0.1) is 0 Å². The molecule has 1 rings (SSSR count). The Morgan fingerprint density at radius 1 is 0.606 bits per heavy atom. The average Bonchev–Trinajstić information content (AvgIpc) is 2.82. The third kappa shape index (κ3) is 10.3. The molecule has 33 heavy (non-hydrogen) atoms. The van der Waals surface area contributed by atoms with Crippen LogP contribution in [0.1, 0.15) is 144 Å². The van der Waals surface area contributed by atoms with Crippen molar-refractivity contribution in [1.29, 1.82) is 0 Å². The maximum Gasteiger partial charge on any atom is 0.353 e. The summed E-state index contributed by atoms with van der Waals surface area (Å²) in [7, 11) is 0. The van der Waals surface area contributed by atoms with Crippen LogP contribution in [0.25, 0.3) is 0 Å². The SMILES string of the molecule is CCCCCCCc1c(O)c(O)c(C(=O)OBr)c(CCCCCCC)c1CCCCCCC. The second-order valence-electron chi connectivity index (χ2n) is 9.37. The summed E-state index contributed by atoms with van der Waals surface area (Å²) in [6.45, 7) is 6.62. The topological polar surface area (TPSA) is 66.8 Å².